The van der Waals surface area contributed by atoms with E-state index in [-0.39, 0.29) is 6.04 Å². The van der Waals surface area contributed by atoms with Gasteiger partial charge >= 0.3 is 0 Å². The molecule has 3 heterocycles. The van der Waals surface area contributed by atoms with Crippen molar-refractivity contribution in [1.82, 2.24) is 9.55 Å². The lowest BCUT2D eigenvalue weighted by atomic mass is 10.2. The number of aromatic nitrogens is 2. The summed E-state index contributed by atoms with van der Waals surface area (Å²) in [4.78, 5) is 4.28. The lowest BCUT2D eigenvalue weighted by Gasteiger charge is -2.16. The molecule has 2 atom stereocenters. The highest BCUT2D eigenvalue weighted by Gasteiger charge is 2.29. The SMILES string of the molecule is Cc1ccc(-c2nccn2[C@H]2COC[C@H]2O)o1. The van der Waals surface area contributed by atoms with Crippen LogP contribution in [0.2, 0.25) is 0 Å². The first-order chi connectivity index (χ1) is 8.25. The number of rotatable bonds is 2. The van der Waals surface area contributed by atoms with Crippen LogP contribution in [0.1, 0.15) is 11.8 Å². The largest absolute Gasteiger partial charge is 0.458 e. The standard InChI is InChI=1S/C12H14N2O3/c1-8-2-3-11(17-8)12-13-4-5-14(12)9-6-16-7-10(9)15/h2-5,9-10,15H,6-7H2,1H3/t9-,10+/m0/s1. The Balaban J connectivity index is 1.99. The van der Waals surface area contributed by atoms with Crippen molar-refractivity contribution in [3.8, 4) is 11.6 Å². The maximum absolute atomic E-state index is 9.83. The van der Waals surface area contributed by atoms with Gasteiger partial charge in [0.05, 0.1) is 19.3 Å². The van der Waals surface area contributed by atoms with E-state index < -0.39 is 6.10 Å². The van der Waals surface area contributed by atoms with Gasteiger partial charge in [-0.3, -0.25) is 0 Å². The second kappa shape index (κ2) is 4.01. The van der Waals surface area contributed by atoms with Crippen molar-refractivity contribution in [1.29, 1.82) is 0 Å². The molecule has 0 unspecified atom stereocenters. The summed E-state index contributed by atoms with van der Waals surface area (Å²) in [6.07, 6.45) is 3.06. The van der Waals surface area contributed by atoms with Crippen molar-refractivity contribution in [3.05, 3.63) is 30.3 Å². The first kappa shape index (κ1) is 10.6. The highest BCUT2D eigenvalue weighted by atomic mass is 16.5. The Morgan fingerprint density at radius 1 is 1.41 bits per heavy atom. The monoisotopic (exact) mass is 234 g/mol. The van der Waals surface area contributed by atoms with Crippen molar-refractivity contribution in [2.45, 2.75) is 19.1 Å². The Bertz CT molecular complexity index is 517. The topological polar surface area (TPSA) is 60.4 Å². The van der Waals surface area contributed by atoms with E-state index in [1.807, 2.05) is 29.8 Å². The first-order valence-corrected chi connectivity index (χ1v) is 5.61. The van der Waals surface area contributed by atoms with Gasteiger partial charge in [-0.15, -0.1) is 0 Å². The Hall–Kier alpha value is -1.59. The second-order valence-corrected chi connectivity index (χ2v) is 4.24. The van der Waals surface area contributed by atoms with Gasteiger partial charge in [0.2, 0.25) is 0 Å². The molecule has 5 nitrogen and oxygen atoms in total. The van der Waals surface area contributed by atoms with Crippen LogP contribution >= 0.6 is 0 Å². The van der Waals surface area contributed by atoms with Crippen LogP contribution in [0.3, 0.4) is 0 Å². The van der Waals surface area contributed by atoms with Crippen LogP contribution in [0.25, 0.3) is 11.6 Å². The van der Waals surface area contributed by atoms with Crippen LogP contribution in [0, 0.1) is 6.92 Å². The molecule has 5 heteroatoms. The lowest BCUT2D eigenvalue weighted by Crippen LogP contribution is -2.22. The maximum Gasteiger partial charge on any atom is 0.176 e. The van der Waals surface area contributed by atoms with Crippen molar-refractivity contribution >= 4 is 0 Å². The number of furan rings is 1. The minimum atomic E-state index is -0.487. The molecule has 0 amide bonds. The number of nitrogens with zero attached hydrogens (tertiary/aromatic N) is 2. The summed E-state index contributed by atoms with van der Waals surface area (Å²) in [5, 5.41) is 9.83. The van der Waals surface area contributed by atoms with E-state index in [0.29, 0.717) is 19.0 Å². The van der Waals surface area contributed by atoms with Crippen LogP contribution in [0.4, 0.5) is 0 Å². The van der Waals surface area contributed by atoms with Crippen LogP contribution < -0.4 is 0 Å². The van der Waals surface area contributed by atoms with Crippen molar-refractivity contribution < 1.29 is 14.3 Å². The number of imidazole rings is 1. The number of aliphatic hydroxyl groups is 1. The Labute approximate surface area is 98.6 Å². The van der Waals surface area contributed by atoms with E-state index in [1.54, 1.807) is 6.20 Å². The number of aliphatic hydroxyl groups excluding tert-OH is 1. The summed E-state index contributed by atoms with van der Waals surface area (Å²) in [7, 11) is 0. The van der Waals surface area contributed by atoms with Crippen molar-refractivity contribution in [2.24, 2.45) is 0 Å². The summed E-state index contributed by atoms with van der Waals surface area (Å²) in [5.41, 5.74) is 0. The van der Waals surface area contributed by atoms with Gasteiger partial charge in [-0.05, 0) is 19.1 Å². The summed E-state index contributed by atoms with van der Waals surface area (Å²) in [6, 6.07) is 3.70. The molecule has 2 aromatic heterocycles. The molecule has 0 radical (unpaired) electrons. The number of hydrogen-bond acceptors (Lipinski definition) is 4. The minimum absolute atomic E-state index is 0.0853. The number of aryl methyl sites for hydroxylation is 1. The van der Waals surface area contributed by atoms with E-state index >= 15 is 0 Å². The predicted molar refractivity (Wildman–Crippen MR) is 60.5 cm³/mol. The van der Waals surface area contributed by atoms with Crippen LogP contribution in [0.5, 0.6) is 0 Å². The molecular weight excluding hydrogens is 220 g/mol. The minimum Gasteiger partial charge on any atom is -0.458 e. The Morgan fingerprint density at radius 2 is 2.29 bits per heavy atom. The quantitative estimate of drug-likeness (QED) is 0.852. The zero-order valence-corrected chi connectivity index (χ0v) is 9.54. The van der Waals surface area contributed by atoms with Gasteiger partial charge in [-0.25, -0.2) is 4.98 Å². The molecule has 1 aliphatic rings. The lowest BCUT2D eigenvalue weighted by molar-refractivity contribution is 0.119. The van der Waals surface area contributed by atoms with Crippen molar-refractivity contribution in [2.75, 3.05) is 13.2 Å². The summed E-state index contributed by atoms with van der Waals surface area (Å²) in [6.45, 7) is 2.77. The fourth-order valence-corrected chi connectivity index (χ4v) is 2.12. The molecule has 1 N–H and O–H groups in total. The van der Waals surface area contributed by atoms with E-state index in [0.717, 1.165) is 11.6 Å². The van der Waals surface area contributed by atoms with E-state index in [4.69, 9.17) is 9.15 Å². The third kappa shape index (κ3) is 1.77. The average molecular weight is 234 g/mol. The molecule has 0 aromatic carbocycles. The number of hydrogen-bond donors (Lipinski definition) is 1. The molecule has 17 heavy (non-hydrogen) atoms. The molecule has 90 valence electrons. The fraction of sp³-hybridized carbons (Fsp3) is 0.417. The van der Waals surface area contributed by atoms with E-state index in [2.05, 4.69) is 4.98 Å². The third-order valence-corrected chi connectivity index (χ3v) is 3.01. The molecule has 0 spiro atoms. The number of ether oxygens (including phenoxy) is 1. The van der Waals surface area contributed by atoms with Crippen molar-refractivity contribution in [3.63, 3.8) is 0 Å². The fourth-order valence-electron chi connectivity index (χ4n) is 2.12. The highest BCUT2D eigenvalue weighted by Crippen LogP contribution is 2.27. The maximum atomic E-state index is 9.83. The van der Waals surface area contributed by atoms with Crippen LogP contribution in [-0.4, -0.2) is 34.0 Å². The molecule has 2 aromatic rings. The first-order valence-electron chi connectivity index (χ1n) is 5.61. The van der Waals surface area contributed by atoms with Gasteiger partial charge in [-0.1, -0.05) is 0 Å². The third-order valence-electron chi connectivity index (χ3n) is 3.01. The normalized spacial score (nSPS) is 24.4. The zero-order chi connectivity index (χ0) is 11.8. The average Bonchev–Trinajstić information content (AvgIpc) is 2.97. The molecule has 1 saturated heterocycles. The van der Waals surface area contributed by atoms with Gasteiger partial charge in [0.1, 0.15) is 11.9 Å². The van der Waals surface area contributed by atoms with Gasteiger partial charge in [0.25, 0.3) is 0 Å². The molecule has 3 rings (SSSR count). The smallest absolute Gasteiger partial charge is 0.176 e. The van der Waals surface area contributed by atoms with Gasteiger partial charge in [0.15, 0.2) is 11.6 Å². The molecule has 0 bridgehead atoms. The molecule has 0 saturated carbocycles. The summed E-state index contributed by atoms with van der Waals surface area (Å²) < 4.78 is 12.7. The molecular formula is C12H14N2O3. The highest BCUT2D eigenvalue weighted by molar-refractivity contribution is 5.48. The van der Waals surface area contributed by atoms with Crippen LogP contribution in [-0.2, 0) is 4.74 Å². The summed E-state index contributed by atoms with van der Waals surface area (Å²) in [5.74, 6) is 2.29. The second-order valence-electron chi connectivity index (χ2n) is 4.24. The summed E-state index contributed by atoms with van der Waals surface area (Å²) >= 11 is 0. The molecule has 1 fully saturated rings. The Morgan fingerprint density at radius 3 is 2.94 bits per heavy atom. The Kier molecular flexibility index (Phi) is 2.49. The molecule has 1 aliphatic heterocycles. The van der Waals surface area contributed by atoms with Crippen LogP contribution in [0.15, 0.2) is 28.9 Å². The van der Waals surface area contributed by atoms with Gasteiger partial charge in [0, 0.05) is 12.4 Å². The van der Waals surface area contributed by atoms with Gasteiger partial charge in [-0.2, -0.15) is 0 Å². The van der Waals surface area contributed by atoms with E-state index in [9.17, 15) is 5.11 Å². The van der Waals surface area contributed by atoms with E-state index in [1.165, 1.54) is 0 Å². The molecule has 0 aliphatic carbocycles. The van der Waals surface area contributed by atoms with Gasteiger partial charge < -0.3 is 18.8 Å². The zero-order valence-electron chi connectivity index (χ0n) is 9.54. The predicted octanol–water partition coefficient (Wildman–Crippen LogP) is 1.38.